The molecular weight excluding hydrogens is 429 g/mol. The maximum Gasteiger partial charge on any atom is 0.240 e. The van der Waals surface area contributed by atoms with Crippen LogP contribution in [0.1, 0.15) is 25.7 Å². The van der Waals surface area contributed by atoms with Gasteiger partial charge in [-0.15, -0.1) is 0 Å². The predicted molar refractivity (Wildman–Crippen MR) is 125 cm³/mol. The third-order valence-corrected chi connectivity index (χ3v) is 7.48. The Morgan fingerprint density at radius 1 is 0.938 bits per heavy atom. The first-order valence-corrected chi connectivity index (χ1v) is 12.4. The summed E-state index contributed by atoms with van der Waals surface area (Å²) in [6.45, 7) is 1.19. The van der Waals surface area contributed by atoms with Gasteiger partial charge in [-0.1, -0.05) is 12.1 Å². The van der Waals surface area contributed by atoms with Crippen LogP contribution in [0, 0.1) is 17.7 Å². The number of nitrogens with zero attached hydrogens (tertiary/aromatic N) is 2. The van der Waals surface area contributed by atoms with E-state index in [1.165, 1.54) is 12.1 Å². The van der Waals surface area contributed by atoms with E-state index in [9.17, 15) is 12.8 Å². The highest BCUT2D eigenvalue weighted by molar-refractivity contribution is 7.89. The maximum atomic E-state index is 13.0. The molecule has 7 nitrogen and oxygen atoms in total. The molecule has 0 spiro atoms. The van der Waals surface area contributed by atoms with Gasteiger partial charge in [0.05, 0.1) is 10.4 Å². The van der Waals surface area contributed by atoms with Crippen molar-refractivity contribution in [1.82, 2.24) is 14.7 Å². The number of fused-ring (bicyclic) bond motifs is 1. The van der Waals surface area contributed by atoms with E-state index < -0.39 is 15.8 Å². The number of nitrogens with one attached hydrogen (secondary N) is 3. The summed E-state index contributed by atoms with van der Waals surface area (Å²) in [5, 5.41) is 7.49. The van der Waals surface area contributed by atoms with Gasteiger partial charge in [0.2, 0.25) is 16.0 Å². The summed E-state index contributed by atoms with van der Waals surface area (Å²) in [7, 11) is -1.76. The highest BCUT2D eigenvalue weighted by Gasteiger charge is 2.23. The Labute approximate surface area is 187 Å². The zero-order valence-corrected chi connectivity index (χ0v) is 18.8. The molecule has 0 bridgehead atoms. The highest BCUT2D eigenvalue weighted by atomic mass is 32.2. The van der Waals surface area contributed by atoms with E-state index in [0.717, 1.165) is 61.1 Å². The van der Waals surface area contributed by atoms with Crippen molar-refractivity contribution in [3.63, 3.8) is 0 Å². The zero-order valence-electron chi connectivity index (χ0n) is 18.0. The summed E-state index contributed by atoms with van der Waals surface area (Å²) in [6.07, 6.45) is 3.95. The zero-order chi connectivity index (χ0) is 22.6. The van der Waals surface area contributed by atoms with E-state index in [2.05, 4.69) is 25.3 Å². The van der Waals surface area contributed by atoms with Crippen LogP contribution in [0.5, 0.6) is 0 Å². The Morgan fingerprint density at radius 3 is 2.28 bits per heavy atom. The number of benzene rings is 2. The number of hydrogen-bond acceptors (Lipinski definition) is 6. The first-order chi connectivity index (χ1) is 15.4. The SMILES string of the molecule is CNc1nc(NCC2CCC(CNS(=O)(=O)c3ccc(F)cc3)CC2)nc2ccccc12. The molecule has 2 aromatic carbocycles. The second-order valence-electron chi connectivity index (χ2n) is 8.24. The summed E-state index contributed by atoms with van der Waals surface area (Å²) in [5.74, 6) is 1.76. The van der Waals surface area contributed by atoms with Gasteiger partial charge in [0.15, 0.2) is 0 Å². The monoisotopic (exact) mass is 457 g/mol. The summed E-state index contributed by atoms with van der Waals surface area (Å²) in [5.41, 5.74) is 0.895. The van der Waals surface area contributed by atoms with Gasteiger partial charge in [-0.3, -0.25) is 0 Å². The molecule has 0 saturated heterocycles. The lowest BCUT2D eigenvalue weighted by Crippen LogP contribution is -2.32. The third kappa shape index (κ3) is 5.34. The van der Waals surface area contributed by atoms with E-state index in [4.69, 9.17) is 0 Å². The maximum absolute atomic E-state index is 13.0. The van der Waals surface area contributed by atoms with Crippen LogP contribution in [0.25, 0.3) is 10.9 Å². The van der Waals surface area contributed by atoms with E-state index in [-0.39, 0.29) is 4.90 Å². The number of hydrogen-bond donors (Lipinski definition) is 3. The summed E-state index contributed by atoms with van der Waals surface area (Å²) < 4.78 is 40.5. The Kier molecular flexibility index (Phi) is 6.86. The second kappa shape index (κ2) is 9.79. The van der Waals surface area contributed by atoms with Crippen molar-refractivity contribution in [3.8, 4) is 0 Å². The number of halogens is 1. The Hall–Kier alpha value is -2.78. The average Bonchev–Trinajstić information content (AvgIpc) is 2.82. The van der Waals surface area contributed by atoms with Crippen LogP contribution in [-0.2, 0) is 10.0 Å². The molecule has 1 aromatic heterocycles. The molecule has 3 aromatic rings. The second-order valence-corrected chi connectivity index (χ2v) is 10.0. The molecule has 4 rings (SSSR count). The number of aromatic nitrogens is 2. The topological polar surface area (TPSA) is 96.0 Å². The standard InChI is InChI=1S/C23H28FN5O2S/c1-25-22-20-4-2-3-5-21(20)28-23(29-22)26-14-16-6-8-17(9-7-16)15-27-32(30,31)19-12-10-18(24)11-13-19/h2-5,10-13,16-17,27H,6-9,14-15H2,1H3,(H2,25,26,28,29). The molecule has 0 atom stereocenters. The van der Waals surface area contributed by atoms with Crippen LogP contribution >= 0.6 is 0 Å². The minimum absolute atomic E-state index is 0.0908. The fourth-order valence-corrected chi connectivity index (χ4v) is 5.26. The van der Waals surface area contributed by atoms with Crippen LogP contribution < -0.4 is 15.4 Å². The fraction of sp³-hybridized carbons (Fsp3) is 0.391. The lowest BCUT2D eigenvalue weighted by atomic mass is 9.82. The van der Waals surface area contributed by atoms with Gasteiger partial charge in [0, 0.05) is 25.5 Å². The van der Waals surface area contributed by atoms with Crippen LogP contribution in [0.3, 0.4) is 0 Å². The van der Waals surface area contributed by atoms with Crippen molar-refractivity contribution < 1.29 is 12.8 Å². The van der Waals surface area contributed by atoms with Gasteiger partial charge < -0.3 is 10.6 Å². The molecule has 32 heavy (non-hydrogen) atoms. The summed E-state index contributed by atoms with van der Waals surface area (Å²) in [4.78, 5) is 9.28. The van der Waals surface area contributed by atoms with Crippen LogP contribution in [0.15, 0.2) is 53.4 Å². The highest BCUT2D eigenvalue weighted by Crippen LogP contribution is 2.29. The van der Waals surface area contributed by atoms with E-state index in [1.807, 2.05) is 31.3 Å². The van der Waals surface area contributed by atoms with Crippen molar-refractivity contribution in [2.24, 2.45) is 11.8 Å². The van der Waals surface area contributed by atoms with Gasteiger partial charge in [-0.2, -0.15) is 4.98 Å². The van der Waals surface area contributed by atoms with Crippen molar-refractivity contribution in [2.75, 3.05) is 30.8 Å². The lowest BCUT2D eigenvalue weighted by Gasteiger charge is -2.28. The van der Waals surface area contributed by atoms with Gasteiger partial charge in [-0.05, 0) is 73.9 Å². The summed E-state index contributed by atoms with van der Waals surface area (Å²) in [6, 6.07) is 12.8. The van der Waals surface area contributed by atoms with Gasteiger partial charge in [0.25, 0.3) is 0 Å². The summed E-state index contributed by atoms with van der Waals surface area (Å²) >= 11 is 0. The molecule has 0 amide bonds. The van der Waals surface area contributed by atoms with Crippen LogP contribution in [-0.4, -0.2) is 38.5 Å². The van der Waals surface area contributed by atoms with Crippen LogP contribution in [0.4, 0.5) is 16.2 Å². The molecule has 1 heterocycles. The van der Waals surface area contributed by atoms with E-state index in [0.29, 0.717) is 24.3 Å². The first-order valence-electron chi connectivity index (χ1n) is 10.9. The molecule has 1 aliphatic carbocycles. The number of rotatable bonds is 8. The minimum Gasteiger partial charge on any atom is -0.372 e. The Bertz CT molecular complexity index is 1160. The molecule has 1 saturated carbocycles. The van der Waals surface area contributed by atoms with Crippen LogP contribution in [0.2, 0.25) is 0 Å². The van der Waals surface area contributed by atoms with Crippen molar-refractivity contribution in [3.05, 3.63) is 54.3 Å². The Morgan fingerprint density at radius 2 is 1.59 bits per heavy atom. The number of sulfonamides is 1. The molecule has 9 heteroatoms. The Balaban J connectivity index is 1.26. The van der Waals surface area contributed by atoms with Crippen molar-refractivity contribution in [2.45, 2.75) is 30.6 Å². The predicted octanol–water partition coefficient (Wildman–Crippen LogP) is 4.01. The molecule has 0 unspecified atom stereocenters. The lowest BCUT2D eigenvalue weighted by molar-refractivity contribution is 0.284. The molecule has 170 valence electrons. The quantitative estimate of drug-likeness (QED) is 0.473. The number of anilines is 2. The number of para-hydroxylation sites is 1. The van der Waals surface area contributed by atoms with E-state index >= 15 is 0 Å². The first kappa shape index (κ1) is 22.4. The molecule has 1 fully saturated rings. The fourth-order valence-electron chi connectivity index (χ4n) is 4.15. The molecule has 0 radical (unpaired) electrons. The van der Waals surface area contributed by atoms with Gasteiger partial charge in [0.1, 0.15) is 11.6 Å². The molecular formula is C23H28FN5O2S. The van der Waals surface area contributed by atoms with Crippen molar-refractivity contribution >= 4 is 32.7 Å². The van der Waals surface area contributed by atoms with Crippen molar-refractivity contribution in [1.29, 1.82) is 0 Å². The largest absolute Gasteiger partial charge is 0.372 e. The average molecular weight is 458 g/mol. The minimum atomic E-state index is -3.61. The smallest absolute Gasteiger partial charge is 0.240 e. The molecule has 3 N–H and O–H groups in total. The van der Waals surface area contributed by atoms with Gasteiger partial charge in [-0.25, -0.2) is 22.5 Å². The third-order valence-electron chi connectivity index (χ3n) is 6.04. The molecule has 1 aliphatic rings. The van der Waals surface area contributed by atoms with E-state index in [1.54, 1.807) is 0 Å². The molecule has 0 aliphatic heterocycles. The normalized spacial score (nSPS) is 19.1. The van der Waals surface area contributed by atoms with Gasteiger partial charge >= 0.3 is 0 Å².